The van der Waals surface area contributed by atoms with E-state index in [9.17, 15) is 9.59 Å². The van der Waals surface area contributed by atoms with E-state index in [0.29, 0.717) is 0 Å². The summed E-state index contributed by atoms with van der Waals surface area (Å²) < 4.78 is 5.08. The van der Waals surface area contributed by atoms with Crippen LogP contribution in [0.3, 0.4) is 0 Å². The summed E-state index contributed by atoms with van der Waals surface area (Å²) in [5, 5.41) is 11.6. The van der Waals surface area contributed by atoms with E-state index in [2.05, 4.69) is 5.32 Å². The number of methoxy groups -OCH3 is 1. The zero-order chi connectivity index (χ0) is 14.5. The topological polar surface area (TPSA) is 75.6 Å². The van der Waals surface area contributed by atoms with Crippen molar-refractivity contribution in [1.29, 1.82) is 0 Å². The van der Waals surface area contributed by atoms with Crippen LogP contribution in [0, 0.1) is 0 Å². The number of carboxylic acid groups (broad SMARTS) is 1. The van der Waals surface area contributed by atoms with Crippen molar-refractivity contribution in [2.24, 2.45) is 0 Å². The molecule has 1 amide bonds. The van der Waals surface area contributed by atoms with E-state index in [0.717, 1.165) is 5.56 Å². The lowest BCUT2D eigenvalue weighted by Crippen LogP contribution is -2.45. The van der Waals surface area contributed by atoms with Gasteiger partial charge in [0.2, 0.25) is 0 Å². The Balaban J connectivity index is 2.88. The number of ether oxygens (including phenoxy) is 1. The molecule has 2 N–H and O–H groups in total. The second-order valence-electron chi connectivity index (χ2n) is 4.75. The summed E-state index contributed by atoms with van der Waals surface area (Å²) >= 11 is 0. The highest BCUT2D eigenvalue weighted by Gasteiger charge is 2.29. The first-order valence-corrected chi connectivity index (χ1v) is 5.99. The summed E-state index contributed by atoms with van der Waals surface area (Å²) in [6.45, 7) is 3.26. The van der Waals surface area contributed by atoms with Gasteiger partial charge >= 0.3 is 5.97 Å². The number of aliphatic carboxylic acids is 1. The minimum Gasteiger partial charge on any atom is -0.481 e. The summed E-state index contributed by atoms with van der Waals surface area (Å²) in [6.07, 6.45) is -0.171. The van der Waals surface area contributed by atoms with Gasteiger partial charge in [-0.15, -0.1) is 0 Å². The van der Waals surface area contributed by atoms with Crippen LogP contribution in [0.4, 0.5) is 0 Å². The highest BCUT2D eigenvalue weighted by molar-refractivity contribution is 5.85. The minimum atomic E-state index is -0.995. The zero-order valence-electron chi connectivity index (χ0n) is 11.3. The average Bonchev–Trinajstić information content (AvgIpc) is 2.38. The third-order valence-electron chi connectivity index (χ3n) is 2.94. The number of carboxylic acids is 1. The lowest BCUT2D eigenvalue weighted by atomic mass is 10.0. The first-order valence-electron chi connectivity index (χ1n) is 5.99. The molecule has 0 fully saturated rings. The molecule has 0 heterocycles. The Kier molecular flexibility index (Phi) is 5.06. The molecule has 1 atom stereocenters. The monoisotopic (exact) mass is 265 g/mol. The van der Waals surface area contributed by atoms with Gasteiger partial charge in [0, 0.05) is 7.11 Å². The zero-order valence-corrected chi connectivity index (χ0v) is 11.3. The highest BCUT2D eigenvalue weighted by Crippen LogP contribution is 2.18. The van der Waals surface area contributed by atoms with Gasteiger partial charge in [-0.05, 0) is 19.4 Å². The smallest absolute Gasteiger partial charge is 0.305 e. The lowest BCUT2D eigenvalue weighted by molar-refractivity contribution is -0.141. The average molecular weight is 265 g/mol. The first-order chi connectivity index (χ1) is 8.86. The molecule has 0 saturated heterocycles. The molecule has 0 aliphatic heterocycles. The third-order valence-corrected chi connectivity index (χ3v) is 2.94. The van der Waals surface area contributed by atoms with Gasteiger partial charge in [-0.3, -0.25) is 9.59 Å². The molecule has 1 unspecified atom stereocenters. The van der Waals surface area contributed by atoms with E-state index in [-0.39, 0.29) is 12.3 Å². The van der Waals surface area contributed by atoms with E-state index < -0.39 is 17.6 Å². The molecule has 0 aliphatic carbocycles. The summed E-state index contributed by atoms with van der Waals surface area (Å²) in [7, 11) is 1.44. The highest BCUT2D eigenvalue weighted by atomic mass is 16.5. The van der Waals surface area contributed by atoms with Gasteiger partial charge in [0.05, 0.1) is 12.5 Å². The number of nitrogens with one attached hydrogen (secondary N) is 1. The summed E-state index contributed by atoms with van der Waals surface area (Å²) in [6, 6.07) is 8.44. The van der Waals surface area contributed by atoms with Crippen molar-refractivity contribution < 1.29 is 19.4 Å². The molecule has 0 radical (unpaired) electrons. The van der Waals surface area contributed by atoms with Crippen molar-refractivity contribution in [3.8, 4) is 0 Å². The van der Waals surface area contributed by atoms with E-state index in [1.54, 1.807) is 38.1 Å². The SMILES string of the molecule is COC(C)(C)C(=O)NC(CC(=O)O)c1ccccc1. The van der Waals surface area contributed by atoms with Crippen molar-refractivity contribution in [2.75, 3.05) is 7.11 Å². The van der Waals surface area contributed by atoms with Crippen molar-refractivity contribution in [1.82, 2.24) is 5.32 Å². The molecule has 5 heteroatoms. The maximum Gasteiger partial charge on any atom is 0.305 e. The fourth-order valence-electron chi connectivity index (χ4n) is 1.54. The number of benzene rings is 1. The Morgan fingerprint density at radius 2 is 1.89 bits per heavy atom. The van der Waals surface area contributed by atoms with Crippen molar-refractivity contribution >= 4 is 11.9 Å². The maximum absolute atomic E-state index is 12.0. The number of rotatable bonds is 6. The van der Waals surface area contributed by atoms with Crippen LogP contribution in [0.5, 0.6) is 0 Å². The Labute approximate surface area is 112 Å². The standard InChI is InChI=1S/C14H19NO4/c1-14(2,19-3)13(18)15-11(9-12(16)17)10-7-5-4-6-8-10/h4-8,11H,9H2,1-3H3,(H,15,18)(H,16,17). The van der Waals surface area contributed by atoms with Crippen LogP contribution in [0.15, 0.2) is 30.3 Å². The van der Waals surface area contributed by atoms with Crippen LogP contribution in [-0.2, 0) is 14.3 Å². The number of carbonyl (C=O) groups excluding carboxylic acids is 1. The van der Waals surface area contributed by atoms with Gasteiger partial charge < -0.3 is 15.2 Å². The van der Waals surface area contributed by atoms with Crippen LogP contribution in [0.2, 0.25) is 0 Å². The number of amides is 1. The van der Waals surface area contributed by atoms with E-state index in [4.69, 9.17) is 9.84 Å². The minimum absolute atomic E-state index is 0.171. The molecule has 104 valence electrons. The fourth-order valence-corrected chi connectivity index (χ4v) is 1.54. The lowest BCUT2D eigenvalue weighted by Gasteiger charge is -2.25. The predicted octanol–water partition coefficient (Wildman–Crippen LogP) is 1.74. The molecule has 1 aromatic carbocycles. The van der Waals surface area contributed by atoms with Crippen LogP contribution in [0.1, 0.15) is 31.9 Å². The Bertz CT molecular complexity index is 442. The molecule has 0 aromatic heterocycles. The molecule has 0 spiro atoms. The van der Waals surface area contributed by atoms with Gasteiger partial charge in [0.15, 0.2) is 0 Å². The van der Waals surface area contributed by atoms with E-state index in [1.165, 1.54) is 7.11 Å². The summed E-state index contributed by atoms with van der Waals surface area (Å²) in [5.74, 6) is -1.31. The predicted molar refractivity (Wildman–Crippen MR) is 70.7 cm³/mol. The molecule has 0 aliphatic rings. The van der Waals surface area contributed by atoms with Gasteiger partial charge in [0.25, 0.3) is 5.91 Å². The van der Waals surface area contributed by atoms with Crippen molar-refractivity contribution in [3.05, 3.63) is 35.9 Å². The second kappa shape index (κ2) is 6.33. The number of hydrogen-bond acceptors (Lipinski definition) is 3. The molecule has 1 rings (SSSR count). The van der Waals surface area contributed by atoms with Gasteiger partial charge in [-0.2, -0.15) is 0 Å². The van der Waals surface area contributed by atoms with Crippen LogP contribution in [0.25, 0.3) is 0 Å². The van der Waals surface area contributed by atoms with Gasteiger partial charge in [-0.25, -0.2) is 0 Å². The number of carbonyl (C=O) groups is 2. The van der Waals surface area contributed by atoms with E-state index >= 15 is 0 Å². The molecule has 0 bridgehead atoms. The van der Waals surface area contributed by atoms with Crippen LogP contribution in [-0.4, -0.2) is 29.7 Å². The van der Waals surface area contributed by atoms with E-state index in [1.807, 2.05) is 6.07 Å². The molecular formula is C14H19NO4. The van der Waals surface area contributed by atoms with Crippen molar-refractivity contribution in [2.45, 2.75) is 31.9 Å². The quantitative estimate of drug-likeness (QED) is 0.821. The number of hydrogen-bond donors (Lipinski definition) is 2. The van der Waals surface area contributed by atoms with Gasteiger partial charge in [-0.1, -0.05) is 30.3 Å². The largest absolute Gasteiger partial charge is 0.481 e. The maximum atomic E-state index is 12.0. The van der Waals surface area contributed by atoms with Gasteiger partial charge in [0.1, 0.15) is 5.60 Å². The van der Waals surface area contributed by atoms with Crippen LogP contribution >= 0.6 is 0 Å². The Hall–Kier alpha value is -1.88. The van der Waals surface area contributed by atoms with Crippen molar-refractivity contribution in [3.63, 3.8) is 0 Å². The van der Waals surface area contributed by atoms with Crippen LogP contribution < -0.4 is 5.32 Å². The molecular weight excluding hydrogens is 246 g/mol. The molecule has 19 heavy (non-hydrogen) atoms. The summed E-state index contributed by atoms with van der Waals surface area (Å²) in [4.78, 5) is 22.9. The first kappa shape index (κ1) is 15.2. The normalized spacial score (nSPS) is 12.8. The fraction of sp³-hybridized carbons (Fsp3) is 0.429. The second-order valence-corrected chi connectivity index (χ2v) is 4.75. The molecule has 5 nitrogen and oxygen atoms in total. The Morgan fingerprint density at radius 3 is 2.37 bits per heavy atom. The third kappa shape index (κ3) is 4.37. The molecule has 0 saturated carbocycles. The summed E-state index contributed by atoms with van der Waals surface area (Å²) in [5.41, 5.74) is -0.240. The Morgan fingerprint density at radius 1 is 1.32 bits per heavy atom. The molecule has 1 aromatic rings.